The summed E-state index contributed by atoms with van der Waals surface area (Å²) in [5.41, 5.74) is 1.47. The summed E-state index contributed by atoms with van der Waals surface area (Å²) < 4.78 is 12.7. The van der Waals surface area contributed by atoms with E-state index in [0.29, 0.717) is 17.4 Å². The number of hydrogen-bond donors (Lipinski definition) is 0. The summed E-state index contributed by atoms with van der Waals surface area (Å²) in [7, 11) is 1.71. The van der Waals surface area contributed by atoms with Gasteiger partial charge >= 0.3 is 6.09 Å². The van der Waals surface area contributed by atoms with Crippen molar-refractivity contribution in [2.45, 2.75) is 52.4 Å². The molecule has 0 saturated heterocycles. The van der Waals surface area contributed by atoms with Crippen LogP contribution >= 0.6 is 11.9 Å². The Morgan fingerprint density at radius 1 is 1.19 bits per heavy atom. The van der Waals surface area contributed by atoms with E-state index in [1.54, 1.807) is 7.05 Å². The molecule has 0 N–H and O–H groups in total. The van der Waals surface area contributed by atoms with Gasteiger partial charge in [0, 0.05) is 31.0 Å². The van der Waals surface area contributed by atoms with Crippen LogP contribution in [0.3, 0.4) is 0 Å². The first-order chi connectivity index (χ1) is 12.7. The molecule has 1 amide bonds. The van der Waals surface area contributed by atoms with Crippen LogP contribution in [-0.2, 0) is 16.9 Å². The lowest BCUT2D eigenvalue weighted by molar-refractivity contribution is 0.0432. The molecule has 2 aromatic rings. The zero-order valence-electron chi connectivity index (χ0n) is 16.8. The summed E-state index contributed by atoms with van der Waals surface area (Å²) >= 11 is 1.39. The third-order valence-corrected chi connectivity index (χ3v) is 4.41. The Kier molecular flexibility index (Phi) is 7.07. The summed E-state index contributed by atoms with van der Waals surface area (Å²) in [5, 5.41) is 0. The molecule has 1 heterocycles. The van der Waals surface area contributed by atoms with E-state index >= 15 is 0 Å². The van der Waals surface area contributed by atoms with E-state index in [0.717, 1.165) is 23.5 Å². The minimum absolute atomic E-state index is 0.349. The summed E-state index contributed by atoms with van der Waals surface area (Å²) in [6.45, 7) is 9.49. The molecule has 7 heteroatoms. The number of aromatic nitrogens is 2. The first-order valence-electron chi connectivity index (χ1n) is 8.87. The van der Waals surface area contributed by atoms with Gasteiger partial charge in [-0.2, -0.15) is 4.98 Å². The van der Waals surface area contributed by atoms with Crippen molar-refractivity contribution < 1.29 is 14.3 Å². The van der Waals surface area contributed by atoms with E-state index in [9.17, 15) is 4.79 Å². The van der Waals surface area contributed by atoms with Crippen LogP contribution in [0.25, 0.3) is 0 Å². The van der Waals surface area contributed by atoms with Gasteiger partial charge in [-0.3, -0.25) is 4.31 Å². The molecule has 2 rings (SSSR count). The molecule has 146 valence electrons. The lowest BCUT2D eigenvalue weighted by atomic mass is 10.2. The molecule has 0 unspecified atom stereocenters. The Morgan fingerprint density at radius 2 is 1.85 bits per heavy atom. The first-order valence-corrected chi connectivity index (χ1v) is 9.81. The van der Waals surface area contributed by atoms with Crippen molar-refractivity contribution in [2.75, 3.05) is 7.05 Å². The smallest absolute Gasteiger partial charge is 0.420 e. The standard InChI is InChI=1S/C20H27N3O3S/c1-7-17-21-14(2)12-18(22-17)25-16-10-8-15(9-11-16)13-27-23(6)19(24)26-20(3,4)5/h8-12H,7,13H2,1-6H3. The summed E-state index contributed by atoms with van der Waals surface area (Å²) in [6, 6.07) is 9.55. The number of carbonyl (C=O) groups is 1. The molecular formula is C20H27N3O3S. The van der Waals surface area contributed by atoms with Gasteiger partial charge in [0.15, 0.2) is 0 Å². The minimum Gasteiger partial charge on any atom is -0.443 e. The van der Waals surface area contributed by atoms with Crippen LogP contribution < -0.4 is 4.74 Å². The minimum atomic E-state index is -0.498. The SMILES string of the molecule is CCc1nc(C)cc(Oc2ccc(CSN(C)C(=O)OC(C)(C)C)cc2)n1. The average molecular weight is 390 g/mol. The zero-order chi connectivity index (χ0) is 20.0. The molecule has 27 heavy (non-hydrogen) atoms. The fourth-order valence-electron chi connectivity index (χ4n) is 2.13. The summed E-state index contributed by atoms with van der Waals surface area (Å²) in [5.74, 6) is 2.68. The second-order valence-electron chi connectivity index (χ2n) is 7.11. The van der Waals surface area contributed by atoms with Gasteiger partial charge in [0.05, 0.1) is 0 Å². The second-order valence-corrected chi connectivity index (χ2v) is 8.21. The van der Waals surface area contributed by atoms with E-state index in [-0.39, 0.29) is 6.09 Å². The lowest BCUT2D eigenvalue weighted by Crippen LogP contribution is -2.30. The van der Waals surface area contributed by atoms with Crippen molar-refractivity contribution in [1.82, 2.24) is 14.3 Å². The molecule has 6 nitrogen and oxygen atoms in total. The highest BCUT2D eigenvalue weighted by Crippen LogP contribution is 2.23. The highest BCUT2D eigenvalue weighted by molar-refractivity contribution is 7.96. The Hall–Kier alpha value is -2.28. The molecule has 0 saturated carbocycles. The zero-order valence-corrected chi connectivity index (χ0v) is 17.6. The maximum atomic E-state index is 12.0. The number of nitrogens with zero attached hydrogens (tertiary/aromatic N) is 3. The Labute approximate surface area is 165 Å². The van der Waals surface area contributed by atoms with Crippen molar-refractivity contribution in [3.63, 3.8) is 0 Å². The van der Waals surface area contributed by atoms with Crippen LogP contribution in [0.4, 0.5) is 4.79 Å². The van der Waals surface area contributed by atoms with Crippen molar-refractivity contribution in [3.8, 4) is 11.6 Å². The topological polar surface area (TPSA) is 64.5 Å². The molecule has 0 aliphatic carbocycles. The normalized spacial score (nSPS) is 11.2. The van der Waals surface area contributed by atoms with Crippen molar-refractivity contribution in [1.29, 1.82) is 0 Å². The quantitative estimate of drug-likeness (QED) is 0.636. The number of benzene rings is 1. The monoisotopic (exact) mass is 389 g/mol. The maximum Gasteiger partial charge on any atom is 0.420 e. The summed E-state index contributed by atoms with van der Waals surface area (Å²) in [6.07, 6.45) is 0.414. The number of aryl methyl sites for hydroxylation is 2. The van der Waals surface area contributed by atoms with Crippen LogP contribution in [-0.4, -0.2) is 33.0 Å². The maximum absolute atomic E-state index is 12.0. The molecule has 0 bridgehead atoms. The summed E-state index contributed by atoms with van der Waals surface area (Å²) in [4.78, 5) is 20.7. The van der Waals surface area contributed by atoms with E-state index < -0.39 is 5.60 Å². The number of ether oxygens (including phenoxy) is 2. The number of rotatable bonds is 6. The molecular weight excluding hydrogens is 362 g/mol. The molecule has 0 aliphatic rings. The molecule has 0 radical (unpaired) electrons. The highest BCUT2D eigenvalue weighted by atomic mass is 32.2. The van der Waals surface area contributed by atoms with E-state index in [1.165, 1.54) is 16.3 Å². The van der Waals surface area contributed by atoms with Gasteiger partial charge in [-0.1, -0.05) is 19.1 Å². The van der Waals surface area contributed by atoms with Gasteiger partial charge in [0.2, 0.25) is 5.88 Å². The Morgan fingerprint density at radius 3 is 2.44 bits per heavy atom. The first kappa shape index (κ1) is 21.0. The number of hydrogen-bond acceptors (Lipinski definition) is 6. The third kappa shape index (κ3) is 7.09. The predicted octanol–water partition coefficient (Wildman–Crippen LogP) is 5.15. The Balaban J connectivity index is 1.92. The van der Waals surface area contributed by atoms with Gasteiger partial charge < -0.3 is 9.47 Å². The fourth-order valence-corrected chi connectivity index (χ4v) is 2.81. The van der Waals surface area contributed by atoms with Gasteiger partial charge in [-0.15, -0.1) is 0 Å². The van der Waals surface area contributed by atoms with Crippen LogP contribution in [0.1, 0.15) is 44.8 Å². The molecule has 1 aromatic carbocycles. The third-order valence-electron chi connectivity index (χ3n) is 3.41. The lowest BCUT2D eigenvalue weighted by Gasteiger charge is -2.23. The number of amides is 1. The van der Waals surface area contributed by atoms with Crippen LogP contribution in [0.5, 0.6) is 11.6 Å². The van der Waals surface area contributed by atoms with Gasteiger partial charge in [0.1, 0.15) is 17.2 Å². The van der Waals surface area contributed by atoms with Gasteiger partial charge in [0.25, 0.3) is 0 Å². The van der Waals surface area contributed by atoms with Crippen molar-refractivity contribution in [2.24, 2.45) is 0 Å². The molecule has 1 aromatic heterocycles. The van der Waals surface area contributed by atoms with Crippen molar-refractivity contribution in [3.05, 3.63) is 47.4 Å². The van der Waals surface area contributed by atoms with Crippen molar-refractivity contribution >= 4 is 18.0 Å². The fraction of sp³-hybridized carbons (Fsp3) is 0.450. The predicted molar refractivity (Wildman–Crippen MR) is 108 cm³/mol. The second kappa shape index (κ2) is 9.08. The number of carbonyl (C=O) groups excluding carboxylic acids is 1. The van der Waals surface area contributed by atoms with Gasteiger partial charge in [-0.25, -0.2) is 9.78 Å². The van der Waals surface area contributed by atoms with Crippen LogP contribution in [0, 0.1) is 6.92 Å². The highest BCUT2D eigenvalue weighted by Gasteiger charge is 2.19. The van der Waals surface area contributed by atoms with Crippen LogP contribution in [0.2, 0.25) is 0 Å². The molecule has 0 fully saturated rings. The molecule has 0 spiro atoms. The average Bonchev–Trinajstić information content (AvgIpc) is 2.58. The molecule has 0 atom stereocenters. The molecule has 0 aliphatic heterocycles. The Bertz CT molecular complexity index is 773. The van der Waals surface area contributed by atoms with E-state index in [4.69, 9.17) is 9.47 Å². The largest absolute Gasteiger partial charge is 0.443 e. The van der Waals surface area contributed by atoms with E-state index in [2.05, 4.69) is 9.97 Å². The van der Waals surface area contributed by atoms with Gasteiger partial charge in [-0.05, 0) is 57.3 Å². The van der Waals surface area contributed by atoms with Crippen LogP contribution in [0.15, 0.2) is 30.3 Å². The van der Waals surface area contributed by atoms with E-state index in [1.807, 2.05) is 65.0 Å².